The lowest BCUT2D eigenvalue weighted by Gasteiger charge is -2.07. The molecule has 1 aliphatic carbocycles. The second kappa shape index (κ2) is 5.50. The molecule has 2 heterocycles. The van der Waals surface area contributed by atoms with Crippen molar-refractivity contribution >= 4 is 16.3 Å². The topological polar surface area (TPSA) is 41.1 Å². The van der Waals surface area contributed by atoms with Gasteiger partial charge in [-0.3, -0.25) is 4.40 Å². The Balaban J connectivity index is 1.88. The zero-order valence-electron chi connectivity index (χ0n) is 13.5. The van der Waals surface area contributed by atoms with E-state index in [-0.39, 0.29) is 0 Å². The maximum Gasteiger partial charge on any atom is 0.194 e. The lowest BCUT2D eigenvalue weighted by Crippen LogP contribution is -1.97. The molecule has 0 spiro atoms. The summed E-state index contributed by atoms with van der Waals surface area (Å²) >= 11 is 1.79. The molecule has 0 saturated heterocycles. The Morgan fingerprint density at radius 2 is 2.04 bits per heavy atom. The Hall–Kier alpha value is -2.12. The van der Waals surface area contributed by atoms with Gasteiger partial charge >= 0.3 is 0 Å². The highest BCUT2D eigenvalue weighted by Gasteiger charge is 2.24. The Bertz CT molecular complexity index is 907. The molecule has 0 atom stereocenters. The molecule has 3 nitrogen and oxygen atoms in total. The maximum atomic E-state index is 9.28. The summed E-state index contributed by atoms with van der Waals surface area (Å²) in [6.45, 7) is 4.40. The fourth-order valence-corrected chi connectivity index (χ4v) is 4.66. The third-order valence-corrected chi connectivity index (χ3v) is 5.81. The Labute approximate surface area is 140 Å². The Morgan fingerprint density at radius 1 is 1.26 bits per heavy atom. The molecule has 3 aromatic rings. The number of nitriles is 1. The second-order valence-electron chi connectivity index (χ2n) is 6.46. The van der Waals surface area contributed by atoms with Crippen molar-refractivity contribution in [3.05, 3.63) is 46.1 Å². The fraction of sp³-hybridized carbons (Fsp3) is 0.368. The van der Waals surface area contributed by atoms with Crippen LogP contribution in [0.5, 0.6) is 0 Å². The fourth-order valence-electron chi connectivity index (χ4n) is 3.43. The van der Waals surface area contributed by atoms with Gasteiger partial charge in [-0.15, -0.1) is 11.3 Å². The van der Waals surface area contributed by atoms with Gasteiger partial charge in [0.05, 0.1) is 23.9 Å². The third-order valence-electron chi connectivity index (χ3n) is 4.66. The SMILES string of the molecule is CC(C)c1ccc(-c2nc3sc4c(n3c2CC#N)CCC4)cc1. The van der Waals surface area contributed by atoms with Gasteiger partial charge in [0.25, 0.3) is 0 Å². The number of hydrogen-bond acceptors (Lipinski definition) is 3. The first-order valence-corrected chi connectivity index (χ1v) is 9.00. The van der Waals surface area contributed by atoms with Crippen molar-refractivity contribution in [3.63, 3.8) is 0 Å². The first-order chi connectivity index (χ1) is 11.2. The van der Waals surface area contributed by atoms with Crippen LogP contribution in [-0.2, 0) is 19.3 Å². The molecular formula is C19H19N3S. The smallest absolute Gasteiger partial charge is 0.194 e. The van der Waals surface area contributed by atoms with Crippen LogP contribution in [0.3, 0.4) is 0 Å². The predicted molar refractivity (Wildman–Crippen MR) is 93.9 cm³/mol. The first-order valence-electron chi connectivity index (χ1n) is 8.18. The van der Waals surface area contributed by atoms with Crippen LogP contribution in [0.25, 0.3) is 16.2 Å². The van der Waals surface area contributed by atoms with Crippen LogP contribution in [0, 0.1) is 11.3 Å². The van der Waals surface area contributed by atoms with E-state index in [0.29, 0.717) is 12.3 Å². The van der Waals surface area contributed by atoms with Crippen molar-refractivity contribution in [1.29, 1.82) is 5.26 Å². The molecule has 1 aliphatic rings. The molecule has 0 radical (unpaired) electrons. The summed E-state index contributed by atoms with van der Waals surface area (Å²) in [7, 11) is 0. The molecule has 23 heavy (non-hydrogen) atoms. The van der Waals surface area contributed by atoms with Gasteiger partial charge in [0.1, 0.15) is 0 Å². The lowest BCUT2D eigenvalue weighted by atomic mass is 10.00. The summed E-state index contributed by atoms with van der Waals surface area (Å²) in [4.78, 5) is 7.37. The van der Waals surface area contributed by atoms with Crippen molar-refractivity contribution < 1.29 is 0 Å². The highest BCUT2D eigenvalue weighted by molar-refractivity contribution is 7.17. The van der Waals surface area contributed by atoms with Gasteiger partial charge in [-0.25, -0.2) is 4.98 Å². The molecular weight excluding hydrogens is 302 g/mol. The minimum atomic E-state index is 0.408. The summed E-state index contributed by atoms with van der Waals surface area (Å²) < 4.78 is 2.25. The number of rotatable bonds is 3. The van der Waals surface area contributed by atoms with Crippen LogP contribution in [0.15, 0.2) is 24.3 Å². The van der Waals surface area contributed by atoms with E-state index in [2.05, 4.69) is 48.6 Å². The van der Waals surface area contributed by atoms with Crippen LogP contribution in [0.2, 0.25) is 0 Å². The largest absolute Gasteiger partial charge is 0.290 e. The molecule has 0 saturated carbocycles. The molecule has 116 valence electrons. The zero-order chi connectivity index (χ0) is 16.0. The zero-order valence-corrected chi connectivity index (χ0v) is 14.3. The average Bonchev–Trinajstić information content (AvgIpc) is 3.19. The van der Waals surface area contributed by atoms with Crippen molar-refractivity contribution in [1.82, 2.24) is 9.38 Å². The number of thiazole rings is 1. The molecule has 0 bridgehead atoms. The van der Waals surface area contributed by atoms with E-state index in [4.69, 9.17) is 4.98 Å². The van der Waals surface area contributed by atoms with Gasteiger partial charge in [-0.1, -0.05) is 38.1 Å². The average molecular weight is 321 g/mol. The molecule has 2 aromatic heterocycles. The molecule has 4 heteroatoms. The molecule has 0 fully saturated rings. The molecule has 0 unspecified atom stereocenters. The Kier molecular flexibility index (Phi) is 3.46. The summed E-state index contributed by atoms with van der Waals surface area (Å²) in [5.41, 5.74) is 5.86. The van der Waals surface area contributed by atoms with Gasteiger partial charge in [-0.2, -0.15) is 5.26 Å². The lowest BCUT2D eigenvalue weighted by molar-refractivity contribution is 0.867. The summed E-state index contributed by atoms with van der Waals surface area (Å²) in [6, 6.07) is 11.0. The third kappa shape index (κ3) is 2.27. The van der Waals surface area contributed by atoms with Gasteiger partial charge in [0, 0.05) is 16.1 Å². The van der Waals surface area contributed by atoms with E-state index in [1.54, 1.807) is 11.3 Å². The van der Waals surface area contributed by atoms with E-state index < -0.39 is 0 Å². The maximum absolute atomic E-state index is 9.28. The predicted octanol–water partition coefficient (Wildman–Crippen LogP) is 4.74. The van der Waals surface area contributed by atoms with E-state index in [1.165, 1.54) is 22.6 Å². The van der Waals surface area contributed by atoms with Gasteiger partial charge in [0.15, 0.2) is 4.96 Å². The monoisotopic (exact) mass is 321 g/mol. The number of hydrogen-bond donors (Lipinski definition) is 0. The molecule has 0 N–H and O–H groups in total. The molecule has 0 aliphatic heterocycles. The van der Waals surface area contributed by atoms with Crippen molar-refractivity contribution in [2.24, 2.45) is 0 Å². The standard InChI is InChI=1S/C19H19N3S/c1-12(2)13-6-8-14(9-7-13)18-16(10-11-20)22-15-4-3-5-17(15)23-19(22)21-18/h6-9,12H,3-5,10H2,1-2H3. The second-order valence-corrected chi connectivity index (χ2v) is 7.52. The van der Waals surface area contributed by atoms with E-state index in [0.717, 1.165) is 34.8 Å². The molecule has 1 aromatic carbocycles. The van der Waals surface area contributed by atoms with Crippen molar-refractivity contribution in [3.8, 4) is 17.3 Å². The van der Waals surface area contributed by atoms with E-state index >= 15 is 0 Å². The van der Waals surface area contributed by atoms with E-state index in [9.17, 15) is 5.26 Å². The highest BCUT2D eigenvalue weighted by atomic mass is 32.1. The van der Waals surface area contributed by atoms with Crippen LogP contribution in [0.4, 0.5) is 0 Å². The molecule has 4 rings (SSSR count). The van der Waals surface area contributed by atoms with Gasteiger partial charge < -0.3 is 0 Å². The number of aromatic nitrogens is 2. The number of imidazole rings is 1. The number of aryl methyl sites for hydroxylation is 2. The van der Waals surface area contributed by atoms with Gasteiger partial charge in [0.2, 0.25) is 0 Å². The quantitative estimate of drug-likeness (QED) is 0.699. The van der Waals surface area contributed by atoms with Crippen LogP contribution in [-0.4, -0.2) is 9.38 Å². The van der Waals surface area contributed by atoms with Crippen LogP contribution >= 0.6 is 11.3 Å². The summed E-state index contributed by atoms with van der Waals surface area (Å²) in [5.74, 6) is 0.524. The summed E-state index contributed by atoms with van der Waals surface area (Å²) in [6.07, 6.45) is 3.90. The normalized spacial score (nSPS) is 13.7. The van der Waals surface area contributed by atoms with Crippen molar-refractivity contribution in [2.45, 2.75) is 45.4 Å². The minimum absolute atomic E-state index is 0.408. The number of nitrogens with zero attached hydrogens (tertiary/aromatic N) is 3. The van der Waals surface area contributed by atoms with Crippen LogP contribution < -0.4 is 0 Å². The number of benzene rings is 1. The minimum Gasteiger partial charge on any atom is -0.290 e. The van der Waals surface area contributed by atoms with E-state index in [1.807, 2.05) is 0 Å². The highest BCUT2D eigenvalue weighted by Crippen LogP contribution is 2.36. The Morgan fingerprint density at radius 3 is 2.74 bits per heavy atom. The van der Waals surface area contributed by atoms with Crippen LogP contribution in [0.1, 0.15) is 48.0 Å². The first kappa shape index (κ1) is 14.5. The number of fused-ring (bicyclic) bond motifs is 3. The summed E-state index contributed by atoms with van der Waals surface area (Å²) in [5, 5.41) is 9.28. The van der Waals surface area contributed by atoms with Gasteiger partial charge in [-0.05, 0) is 30.7 Å². The molecule has 0 amide bonds. The van der Waals surface area contributed by atoms with Crippen molar-refractivity contribution in [2.75, 3.05) is 0 Å².